The minimum Gasteiger partial charge on any atom is -0.316 e. The van der Waals surface area contributed by atoms with Gasteiger partial charge in [0.05, 0.1) is 0 Å². The fourth-order valence-electron chi connectivity index (χ4n) is 4.79. The summed E-state index contributed by atoms with van der Waals surface area (Å²) in [6, 6.07) is 11.3. The summed E-state index contributed by atoms with van der Waals surface area (Å²) in [4.78, 5) is 0. The first kappa shape index (κ1) is 13.2. The zero-order chi connectivity index (χ0) is 13.1. The van der Waals surface area contributed by atoms with E-state index < -0.39 is 0 Å². The van der Waals surface area contributed by atoms with E-state index >= 15 is 0 Å². The van der Waals surface area contributed by atoms with Crippen LogP contribution in [0.15, 0.2) is 30.3 Å². The third-order valence-electron chi connectivity index (χ3n) is 5.74. The van der Waals surface area contributed by atoms with Crippen LogP contribution < -0.4 is 5.32 Å². The largest absolute Gasteiger partial charge is 0.316 e. The van der Waals surface area contributed by atoms with Crippen molar-refractivity contribution in [3.05, 3.63) is 35.9 Å². The first-order chi connectivity index (χ1) is 9.37. The number of benzene rings is 1. The summed E-state index contributed by atoms with van der Waals surface area (Å²) >= 11 is 0. The lowest BCUT2D eigenvalue weighted by Gasteiger charge is -2.52. The predicted molar refractivity (Wildman–Crippen MR) is 81.4 cm³/mol. The smallest absolute Gasteiger partial charge is 0.00151 e. The third-order valence-corrected chi connectivity index (χ3v) is 5.74. The molecule has 1 saturated heterocycles. The monoisotopic (exact) mass is 257 g/mol. The second-order valence-electron chi connectivity index (χ2n) is 6.50. The molecule has 0 bridgehead atoms. The summed E-state index contributed by atoms with van der Waals surface area (Å²) in [6.07, 6.45) is 8.43. The summed E-state index contributed by atoms with van der Waals surface area (Å²) in [5.41, 5.74) is 2.18. The zero-order valence-corrected chi connectivity index (χ0v) is 12.2. The number of piperidine rings is 1. The van der Waals surface area contributed by atoms with E-state index in [0.717, 1.165) is 11.8 Å². The molecule has 19 heavy (non-hydrogen) atoms. The molecule has 1 N–H and O–H groups in total. The van der Waals surface area contributed by atoms with Crippen LogP contribution in [-0.4, -0.2) is 13.1 Å². The Kier molecular flexibility index (Phi) is 3.93. The molecule has 3 rings (SSSR count). The molecule has 1 spiro atoms. The Labute approximate surface area is 117 Å². The van der Waals surface area contributed by atoms with Gasteiger partial charge in [-0.1, -0.05) is 56.5 Å². The van der Waals surface area contributed by atoms with Crippen molar-refractivity contribution in [2.45, 2.75) is 51.4 Å². The van der Waals surface area contributed by atoms with Crippen molar-refractivity contribution in [3.63, 3.8) is 0 Å². The lowest BCUT2D eigenvalue weighted by molar-refractivity contribution is 0.0315. The fraction of sp³-hybridized carbons (Fsp3) is 0.667. The van der Waals surface area contributed by atoms with Crippen LogP contribution in [0.1, 0.15) is 56.9 Å². The Bertz CT molecular complexity index is 393. The zero-order valence-electron chi connectivity index (χ0n) is 12.2. The van der Waals surface area contributed by atoms with Gasteiger partial charge in [-0.25, -0.2) is 0 Å². The first-order valence-electron chi connectivity index (χ1n) is 8.12. The van der Waals surface area contributed by atoms with Crippen LogP contribution in [0.3, 0.4) is 0 Å². The normalized spacial score (nSPS) is 35.4. The van der Waals surface area contributed by atoms with E-state index in [9.17, 15) is 0 Å². The van der Waals surface area contributed by atoms with Gasteiger partial charge in [-0.3, -0.25) is 0 Å². The number of hydrogen-bond donors (Lipinski definition) is 1. The molecule has 0 aromatic heterocycles. The maximum absolute atomic E-state index is 3.63. The lowest BCUT2D eigenvalue weighted by Crippen LogP contribution is -2.49. The van der Waals surface area contributed by atoms with Gasteiger partial charge in [-0.15, -0.1) is 0 Å². The molecule has 104 valence electrons. The van der Waals surface area contributed by atoms with Gasteiger partial charge < -0.3 is 5.32 Å². The van der Waals surface area contributed by atoms with Crippen LogP contribution in [-0.2, 0) is 0 Å². The molecule has 2 aliphatic rings. The molecule has 2 fully saturated rings. The van der Waals surface area contributed by atoms with Crippen molar-refractivity contribution in [1.29, 1.82) is 0 Å². The first-order valence-corrected chi connectivity index (χ1v) is 8.12. The molecule has 1 aromatic carbocycles. The van der Waals surface area contributed by atoms with Gasteiger partial charge in [-0.05, 0) is 55.2 Å². The fourth-order valence-corrected chi connectivity index (χ4v) is 4.79. The minimum atomic E-state index is 0.583. The van der Waals surface area contributed by atoms with E-state index in [0.29, 0.717) is 5.41 Å². The van der Waals surface area contributed by atoms with Gasteiger partial charge >= 0.3 is 0 Å². The van der Waals surface area contributed by atoms with Crippen molar-refractivity contribution in [2.75, 3.05) is 13.1 Å². The van der Waals surface area contributed by atoms with Crippen molar-refractivity contribution in [2.24, 2.45) is 11.3 Å². The van der Waals surface area contributed by atoms with Crippen molar-refractivity contribution < 1.29 is 0 Å². The second-order valence-corrected chi connectivity index (χ2v) is 6.50. The molecule has 1 saturated carbocycles. The molecule has 1 aliphatic heterocycles. The van der Waals surface area contributed by atoms with E-state index in [-0.39, 0.29) is 0 Å². The summed E-state index contributed by atoms with van der Waals surface area (Å²) in [7, 11) is 0. The van der Waals surface area contributed by atoms with Crippen molar-refractivity contribution in [3.8, 4) is 0 Å². The van der Waals surface area contributed by atoms with E-state index in [4.69, 9.17) is 0 Å². The van der Waals surface area contributed by atoms with E-state index in [1.165, 1.54) is 51.6 Å². The quantitative estimate of drug-likeness (QED) is 0.830. The maximum atomic E-state index is 3.63. The second kappa shape index (κ2) is 5.66. The molecule has 1 heteroatoms. The summed E-state index contributed by atoms with van der Waals surface area (Å²) in [5, 5.41) is 3.63. The van der Waals surface area contributed by atoms with E-state index in [2.05, 4.69) is 42.6 Å². The van der Waals surface area contributed by atoms with Crippen LogP contribution in [0.25, 0.3) is 0 Å². The molecular formula is C18H27N. The Hall–Kier alpha value is -0.820. The van der Waals surface area contributed by atoms with Gasteiger partial charge in [0.25, 0.3) is 0 Å². The number of nitrogens with one attached hydrogen (secondary N) is 1. The van der Waals surface area contributed by atoms with Crippen molar-refractivity contribution in [1.82, 2.24) is 5.32 Å². The van der Waals surface area contributed by atoms with E-state index in [1.807, 2.05) is 0 Å². The van der Waals surface area contributed by atoms with Crippen LogP contribution in [0.5, 0.6) is 0 Å². The van der Waals surface area contributed by atoms with Crippen LogP contribution >= 0.6 is 0 Å². The Morgan fingerprint density at radius 2 is 2.00 bits per heavy atom. The molecule has 1 heterocycles. The molecule has 1 nitrogen and oxygen atoms in total. The highest BCUT2D eigenvalue weighted by molar-refractivity contribution is 5.24. The highest BCUT2D eigenvalue weighted by Crippen LogP contribution is 2.55. The molecule has 0 amide bonds. The average Bonchev–Trinajstić information content (AvgIpc) is 2.49. The Balaban J connectivity index is 1.95. The molecule has 1 aliphatic carbocycles. The van der Waals surface area contributed by atoms with Gasteiger partial charge in [0, 0.05) is 0 Å². The predicted octanol–water partition coefficient (Wildman–Crippen LogP) is 4.35. The van der Waals surface area contributed by atoms with Crippen LogP contribution in [0.2, 0.25) is 0 Å². The number of rotatable bonds is 2. The highest BCUT2D eigenvalue weighted by atomic mass is 14.9. The molecule has 1 aromatic rings. The number of hydrogen-bond acceptors (Lipinski definition) is 1. The SMILES string of the molecule is CCC1CNCCC12CCCCC2c1ccccc1. The third kappa shape index (κ3) is 2.33. The minimum absolute atomic E-state index is 0.583. The van der Waals surface area contributed by atoms with Gasteiger partial charge in [0.1, 0.15) is 0 Å². The standard InChI is InChI=1S/C18H27N/c1-2-16-14-19-13-12-18(16)11-7-6-10-17(18)15-8-4-3-5-9-15/h3-5,8-9,16-17,19H,2,6-7,10-14H2,1H3. The molecule has 0 radical (unpaired) electrons. The van der Waals surface area contributed by atoms with Gasteiger partial charge in [0.15, 0.2) is 0 Å². The van der Waals surface area contributed by atoms with Crippen molar-refractivity contribution >= 4 is 0 Å². The Morgan fingerprint density at radius 3 is 2.79 bits per heavy atom. The molecule has 3 atom stereocenters. The van der Waals surface area contributed by atoms with Crippen LogP contribution in [0, 0.1) is 11.3 Å². The molecular weight excluding hydrogens is 230 g/mol. The van der Waals surface area contributed by atoms with Crippen LogP contribution in [0.4, 0.5) is 0 Å². The topological polar surface area (TPSA) is 12.0 Å². The van der Waals surface area contributed by atoms with Gasteiger partial charge in [0.2, 0.25) is 0 Å². The molecule has 3 unspecified atom stereocenters. The average molecular weight is 257 g/mol. The lowest BCUT2D eigenvalue weighted by atomic mass is 9.54. The Morgan fingerprint density at radius 1 is 1.16 bits per heavy atom. The summed E-state index contributed by atoms with van der Waals surface area (Å²) < 4.78 is 0. The summed E-state index contributed by atoms with van der Waals surface area (Å²) in [5.74, 6) is 1.67. The highest BCUT2D eigenvalue weighted by Gasteiger charge is 2.47. The van der Waals surface area contributed by atoms with E-state index in [1.54, 1.807) is 5.56 Å². The maximum Gasteiger partial charge on any atom is -0.00151 e. The summed E-state index contributed by atoms with van der Waals surface area (Å²) in [6.45, 7) is 4.84. The van der Waals surface area contributed by atoms with Gasteiger partial charge in [-0.2, -0.15) is 0 Å².